The Morgan fingerprint density at radius 2 is 1.69 bits per heavy atom. The minimum atomic E-state index is -0.757. The van der Waals surface area contributed by atoms with Gasteiger partial charge in [-0.05, 0) is 19.8 Å². The van der Waals surface area contributed by atoms with Crippen LogP contribution in [0.5, 0.6) is 0 Å². The van der Waals surface area contributed by atoms with Gasteiger partial charge in [0, 0.05) is 24.4 Å². The van der Waals surface area contributed by atoms with E-state index < -0.39 is 12.0 Å². The Morgan fingerprint density at radius 1 is 1.00 bits per heavy atom. The number of aromatic amines is 1. The topological polar surface area (TPSA) is 84.1 Å². The third-order valence-corrected chi connectivity index (χ3v) is 5.06. The van der Waals surface area contributed by atoms with Gasteiger partial charge in [-0.15, -0.1) is 0 Å². The Balaban J connectivity index is 2.20. The van der Waals surface area contributed by atoms with Crippen molar-refractivity contribution in [2.24, 2.45) is 0 Å². The molecule has 0 bridgehead atoms. The molecule has 1 rings (SSSR count). The number of H-pyrrole nitrogens is 1. The maximum absolute atomic E-state index is 12.1. The SMILES string of the molecule is CCCCCCCCCCCC=CC=CC=CC(=O)N[C@@H](Cc1cnc[nH]1)C(=O)OCC. The number of esters is 1. The number of ether oxygens (including phenoxy) is 1. The van der Waals surface area contributed by atoms with Crippen molar-refractivity contribution in [3.63, 3.8) is 0 Å². The fourth-order valence-corrected chi connectivity index (χ4v) is 3.29. The van der Waals surface area contributed by atoms with Crippen molar-refractivity contribution in [3.05, 3.63) is 54.7 Å². The van der Waals surface area contributed by atoms with E-state index in [0.717, 1.165) is 12.1 Å². The van der Waals surface area contributed by atoms with Crippen molar-refractivity contribution >= 4 is 11.9 Å². The van der Waals surface area contributed by atoms with Crippen LogP contribution in [0.4, 0.5) is 0 Å². The Hall–Kier alpha value is -2.63. The molecule has 1 aromatic rings. The summed E-state index contributed by atoms with van der Waals surface area (Å²) in [4.78, 5) is 31.1. The minimum Gasteiger partial charge on any atom is -0.464 e. The second-order valence-electron chi connectivity index (χ2n) is 7.88. The Kier molecular flexibility index (Phi) is 16.3. The molecule has 0 saturated heterocycles. The predicted octanol–water partition coefficient (Wildman–Crippen LogP) is 5.59. The number of hydrogen-bond donors (Lipinski definition) is 2. The zero-order valence-electron chi connectivity index (χ0n) is 19.9. The first-order chi connectivity index (χ1) is 15.7. The van der Waals surface area contributed by atoms with E-state index in [0.29, 0.717) is 6.42 Å². The number of allylic oxidation sites excluding steroid dienone is 5. The number of carbonyl (C=O) groups is 2. The summed E-state index contributed by atoms with van der Waals surface area (Å²) in [6.45, 7) is 4.25. The van der Waals surface area contributed by atoms with Crippen LogP contribution in [0, 0.1) is 0 Å². The number of unbranched alkanes of at least 4 members (excludes halogenated alkanes) is 9. The van der Waals surface area contributed by atoms with Gasteiger partial charge in [-0.1, -0.05) is 88.7 Å². The van der Waals surface area contributed by atoms with Gasteiger partial charge in [-0.3, -0.25) is 4.79 Å². The molecule has 1 atom stereocenters. The van der Waals surface area contributed by atoms with Gasteiger partial charge in [-0.25, -0.2) is 9.78 Å². The summed E-state index contributed by atoms with van der Waals surface area (Å²) in [7, 11) is 0. The maximum atomic E-state index is 12.1. The molecule has 0 unspecified atom stereocenters. The minimum absolute atomic E-state index is 0.262. The van der Waals surface area contributed by atoms with E-state index in [4.69, 9.17) is 4.74 Å². The fraction of sp³-hybridized carbons (Fsp3) is 0.577. The highest BCUT2D eigenvalue weighted by Gasteiger charge is 2.22. The smallest absolute Gasteiger partial charge is 0.329 e. The highest BCUT2D eigenvalue weighted by Crippen LogP contribution is 2.10. The lowest BCUT2D eigenvalue weighted by atomic mass is 10.1. The average molecular weight is 444 g/mol. The summed E-state index contributed by atoms with van der Waals surface area (Å²) in [5.74, 6) is -0.801. The number of nitrogens with one attached hydrogen (secondary N) is 2. The number of hydrogen-bond acceptors (Lipinski definition) is 4. The van der Waals surface area contributed by atoms with Crippen LogP contribution in [0.15, 0.2) is 49.0 Å². The fourth-order valence-electron chi connectivity index (χ4n) is 3.29. The molecule has 0 fully saturated rings. The zero-order chi connectivity index (χ0) is 23.3. The molecule has 1 aromatic heterocycles. The van der Waals surface area contributed by atoms with Crippen LogP contribution in [0.2, 0.25) is 0 Å². The quantitative estimate of drug-likeness (QED) is 0.134. The Labute approximate surface area is 193 Å². The van der Waals surface area contributed by atoms with Gasteiger partial charge in [-0.2, -0.15) is 0 Å². The largest absolute Gasteiger partial charge is 0.464 e. The lowest BCUT2D eigenvalue weighted by molar-refractivity contribution is -0.147. The molecule has 1 heterocycles. The molecule has 0 aliphatic heterocycles. The molecule has 0 aliphatic carbocycles. The van der Waals surface area contributed by atoms with Crippen LogP contribution in [0.1, 0.15) is 83.7 Å². The van der Waals surface area contributed by atoms with Gasteiger partial charge in [0.1, 0.15) is 6.04 Å². The van der Waals surface area contributed by atoms with E-state index in [1.165, 1.54) is 70.2 Å². The van der Waals surface area contributed by atoms with E-state index in [2.05, 4.69) is 28.3 Å². The van der Waals surface area contributed by atoms with Crippen molar-refractivity contribution in [3.8, 4) is 0 Å². The third-order valence-electron chi connectivity index (χ3n) is 5.06. The van der Waals surface area contributed by atoms with Crippen LogP contribution >= 0.6 is 0 Å². The molecule has 6 nitrogen and oxygen atoms in total. The van der Waals surface area contributed by atoms with Crippen molar-refractivity contribution in [1.29, 1.82) is 0 Å². The predicted molar refractivity (Wildman–Crippen MR) is 130 cm³/mol. The molecule has 1 amide bonds. The first kappa shape index (κ1) is 27.4. The monoisotopic (exact) mass is 443 g/mol. The summed E-state index contributed by atoms with van der Waals surface area (Å²) in [6.07, 6.45) is 27.5. The molecular formula is C26H41N3O3. The van der Waals surface area contributed by atoms with Crippen LogP contribution in [-0.2, 0) is 20.7 Å². The zero-order valence-corrected chi connectivity index (χ0v) is 19.9. The molecule has 32 heavy (non-hydrogen) atoms. The summed E-state index contributed by atoms with van der Waals surface area (Å²) in [6, 6.07) is -0.757. The van der Waals surface area contributed by atoms with Gasteiger partial charge in [0.15, 0.2) is 0 Å². The third kappa shape index (κ3) is 14.4. The van der Waals surface area contributed by atoms with Crippen LogP contribution in [0.25, 0.3) is 0 Å². The Morgan fingerprint density at radius 3 is 2.34 bits per heavy atom. The van der Waals surface area contributed by atoms with Crippen molar-refractivity contribution in [2.45, 2.75) is 90.5 Å². The van der Waals surface area contributed by atoms with E-state index in [1.54, 1.807) is 25.3 Å². The van der Waals surface area contributed by atoms with Gasteiger partial charge in [0.2, 0.25) is 5.91 Å². The number of carbonyl (C=O) groups excluding carboxylic acids is 2. The highest BCUT2D eigenvalue weighted by molar-refractivity contribution is 5.91. The average Bonchev–Trinajstić information content (AvgIpc) is 3.29. The molecular weight excluding hydrogens is 402 g/mol. The van der Waals surface area contributed by atoms with Gasteiger partial charge < -0.3 is 15.0 Å². The van der Waals surface area contributed by atoms with Gasteiger partial charge in [0.05, 0.1) is 12.9 Å². The first-order valence-electron chi connectivity index (χ1n) is 12.1. The molecule has 0 aliphatic rings. The van der Waals surface area contributed by atoms with Crippen molar-refractivity contribution < 1.29 is 14.3 Å². The second-order valence-corrected chi connectivity index (χ2v) is 7.88. The van der Waals surface area contributed by atoms with Gasteiger partial charge >= 0.3 is 5.97 Å². The number of nitrogens with zero attached hydrogens (tertiary/aromatic N) is 1. The number of rotatable bonds is 18. The molecule has 0 aromatic carbocycles. The maximum Gasteiger partial charge on any atom is 0.329 e. The first-order valence-corrected chi connectivity index (χ1v) is 12.1. The lowest BCUT2D eigenvalue weighted by Gasteiger charge is -2.15. The lowest BCUT2D eigenvalue weighted by Crippen LogP contribution is -2.42. The highest BCUT2D eigenvalue weighted by atomic mass is 16.5. The normalized spacial score (nSPS) is 12.7. The van der Waals surface area contributed by atoms with E-state index in [1.807, 2.05) is 12.2 Å². The molecule has 0 radical (unpaired) electrons. The van der Waals surface area contributed by atoms with Crippen molar-refractivity contribution in [2.75, 3.05) is 6.61 Å². The van der Waals surface area contributed by atoms with Crippen LogP contribution < -0.4 is 5.32 Å². The summed E-state index contributed by atoms with van der Waals surface area (Å²) >= 11 is 0. The van der Waals surface area contributed by atoms with E-state index in [9.17, 15) is 9.59 Å². The van der Waals surface area contributed by atoms with E-state index >= 15 is 0 Å². The summed E-state index contributed by atoms with van der Waals surface area (Å²) in [5.41, 5.74) is 0.754. The standard InChI is InChI=1S/C26H41N3O3/c1-3-5-6-7-8-9-10-11-12-13-14-15-16-17-18-19-25(30)29-24(26(31)32-4-2)20-23-21-27-22-28-23/h14-19,21-22,24H,3-13,20H2,1-2H3,(H,27,28)(H,29,30)/t24-/m0/s1. The van der Waals surface area contributed by atoms with Crippen LogP contribution in [0.3, 0.4) is 0 Å². The Bertz CT molecular complexity index is 693. The number of amides is 1. The van der Waals surface area contributed by atoms with E-state index in [-0.39, 0.29) is 12.5 Å². The summed E-state index contributed by atoms with van der Waals surface area (Å²) in [5, 5.41) is 2.69. The van der Waals surface area contributed by atoms with Gasteiger partial charge in [0.25, 0.3) is 0 Å². The van der Waals surface area contributed by atoms with Crippen molar-refractivity contribution in [1.82, 2.24) is 15.3 Å². The molecule has 0 spiro atoms. The molecule has 6 heteroatoms. The molecule has 2 N–H and O–H groups in total. The number of imidazole rings is 1. The second kappa shape index (κ2) is 19.1. The van der Waals surface area contributed by atoms with Crippen LogP contribution in [-0.4, -0.2) is 34.5 Å². The summed E-state index contributed by atoms with van der Waals surface area (Å²) < 4.78 is 5.05. The number of aromatic nitrogens is 2. The molecule has 178 valence electrons. The molecule has 0 saturated carbocycles.